The number of anilines is 2. The van der Waals surface area contributed by atoms with Crippen LogP contribution in [0.1, 0.15) is 15.9 Å². The molecule has 0 radical (unpaired) electrons. The lowest BCUT2D eigenvalue weighted by atomic mass is 10.2. The summed E-state index contributed by atoms with van der Waals surface area (Å²) in [4.78, 5) is 16.0. The van der Waals surface area contributed by atoms with E-state index in [4.69, 9.17) is 5.84 Å². The van der Waals surface area contributed by atoms with Crippen molar-refractivity contribution in [2.45, 2.75) is 6.92 Å². The Morgan fingerprint density at radius 1 is 1.37 bits per heavy atom. The molecular weight excluding hydrogens is 247 g/mol. The van der Waals surface area contributed by atoms with Gasteiger partial charge in [-0.05, 0) is 42.8 Å². The molecule has 0 fully saturated rings. The minimum absolute atomic E-state index is 0.258. The van der Waals surface area contributed by atoms with Crippen LogP contribution in [0, 0.1) is 12.7 Å². The monoisotopic (exact) mass is 260 g/mol. The van der Waals surface area contributed by atoms with Gasteiger partial charge in [-0.3, -0.25) is 4.79 Å². The Balaban J connectivity index is 2.25. The zero-order valence-electron chi connectivity index (χ0n) is 10.3. The average molecular weight is 260 g/mol. The summed E-state index contributed by atoms with van der Waals surface area (Å²) in [5.41, 5.74) is 3.73. The molecule has 19 heavy (non-hydrogen) atoms. The molecule has 6 heteroatoms. The number of pyridine rings is 1. The molecule has 0 saturated heterocycles. The van der Waals surface area contributed by atoms with E-state index in [0.29, 0.717) is 5.69 Å². The molecule has 0 saturated carbocycles. The van der Waals surface area contributed by atoms with Gasteiger partial charge in [-0.1, -0.05) is 0 Å². The van der Waals surface area contributed by atoms with Crippen LogP contribution in [-0.4, -0.2) is 10.9 Å². The van der Waals surface area contributed by atoms with Gasteiger partial charge in [-0.25, -0.2) is 15.2 Å². The SMILES string of the molecule is Cc1cc(F)cc(NC(=O)c2cccnc2NN)c1. The zero-order chi connectivity index (χ0) is 13.8. The quantitative estimate of drug-likeness (QED) is 0.583. The number of nitrogen functional groups attached to an aromatic ring is 1. The van der Waals surface area contributed by atoms with Gasteiger partial charge in [0.25, 0.3) is 5.91 Å². The third kappa shape index (κ3) is 3.05. The van der Waals surface area contributed by atoms with Gasteiger partial charge in [0.2, 0.25) is 0 Å². The molecule has 2 rings (SSSR count). The third-order valence-electron chi connectivity index (χ3n) is 2.49. The average Bonchev–Trinajstić information content (AvgIpc) is 2.37. The van der Waals surface area contributed by atoms with Crippen molar-refractivity contribution >= 4 is 17.4 Å². The minimum Gasteiger partial charge on any atom is -0.322 e. The standard InChI is InChI=1S/C13H13FN4O/c1-8-5-9(14)7-10(6-8)17-13(19)11-3-2-4-16-12(11)18-15/h2-7H,15H2,1H3,(H,16,18)(H,17,19). The molecule has 0 spiro atoms. The summed E-state index contributed by atoms with van der Waals surface area (Å²) in [7, 11) is 0. The van der Waals surface area contributed by atoms with Crippen LogP contribution in [0.2, 0.25) is 0 Å². The molecule has 1 aromatic carbocycles. The van der Waals surface area contributed by atoms with E-state index in [1.165, 1.54) is 18.3 Å². The first-order valence-electron chi connectivity index (χ1n) is 5.60. The summed E-state index contributed by atoms with van der Waals surface area (Å²) in [6.45, 7) is 1.75. The Kier molecular flexibility index (Phi) is 3.72. The first-order valence-corrected chi connectivity index (χ1v) is 5.60. The molecule has 0 bridgehead atoms. The molecule has 0 aliphatic carbocycles. The summed E-state index contributed by atoms with van der Waals surface area (Å²) in [5, 5.41) is 2.60. The first kappa shape index (κ1) is 13.0. The molecule has 1 amide bonds. The third-order valence-corrected chi connectivity index (χ3v) is 2.49. The van der Waals surface area contributed by atoms with Crippen molar-refractivity contribution < 1.29 is 9.18 Å². The number of carbonyl (C=O) groups excluding carboxylic acids is 1. The number of aryl methyl sites for hydroxylation is 1. The summed E-state index contributed by atoms with van der Waals surface area (Å²) in [6, 6.07) is 7.49. The normalized spacial score (nSPS) is 10.1. The fraction of sp³-hybridized carbons (Fsp3) is 0.0769. The van der Waals surface area contributed by atoms with Crippen LogP contribution >= 0.6 is 0 Å². The first-order chi connectivity index (χ1) is 9.10. The van der Waals surface area contributed by atoms with Gasteiger partial charge < -0.3 is 10.7 Å². The van der Waals surface area contributed by atoms with E-state index in [9.17, 15) is 9.18 Å². The van der Waals surface area contributed by atoms with Gasteiger partial charge in [0.1, 0.15) is 5.82 Å². The van der Waals surface area contributed by atoms with E-state index < -0.39 is 11.7 Å². The lowest BCUT2D eigenvalue weighted by Gasteiger charge is -2.09. The highest BCUT2D eigenvalue weighted by Crippen LogP contribution is 2.16. The number of hydrazine groups is 1. The Morgan fingerprint density at radius 2 is 2.16 bits per heavy atom. The predicted octanol–water partition coefficient (Wildman–Crippen LogP) is 2.07. The number of carbonyl (C=O) groups is 1. The fourth-order valence-electron chi connectivity index (χ4n) is 1.71. The van der Waals surface area contributed by atoms with E-state index in [1.807, 2.05) is 0 Å². The zero-order valence-corrected chi connectivity index (χ0v) is 10.3. The number of halogens is 1. The Bertz CT molecular complexity index is 595. The number of nitrogens with one attached hydrogen (secondary N) is 2. The number of amides is 1. The number of hydrogen-bond donors (Lipinski definition) is 3. The second-order valence-electron chi connectivity index (χ2n) is 4.02. The second kappa shape index (κ2) is 5.45. The topological polar surface area (TPSA) is 80.0 Å². The molecule has 2 aromatic rings. The summed E-state index contributed by atoms with van der Waals surface area (Å²) >= 11 is 0. The molecule has 5 nitrogen and oxygen atoms in total. The van der Waals surface area contributed by atoms with E-state index in [2.05, 4.69) is 15.7 Å². The molecule has 0 unspecified atom stereocenters. The number of hydrogen-bond acceptors (Lipinski definition) is 4. The second-order valence-corrected chi connectivity index (χ2v) is 4.02. The van der Waals surface area contributed by atoms with Crippen LogP contribution in [0.15, 0.2) is 36.5 Å². The Labute approximate surface area is 109 Å². The van der Waals surface area contributed by atoms with Gasteiger partial charge in [0, 0.05) is 11.9 Å². The lowest BCUT2D eigenvalue weighted by molar-refractivity contribution is 0.102. The summed E-state index contributed by atoms with van der Waals surface area (Å²) < 4.78 is 13.2. The molecular formula is C13H13FN4O. The van der Waals surface area contributed by atoms with Crippen LogP contribution in [-0.2, 0) is 0 Å². The largest absolute Gasteiger partial charge is 0.322 e. The van der Waals surface area contributed by atoms with Crippen molar-refractivity contribution in [3.8, 4) is 0 Å². The fourth-order valence-corrected chi connectivity index (χ4v) is 1.71. The number of nitrogens with two attached hydrogens (primary N) is 1. The van der Waals surface area contributed by atoms with Crippen LogP contribution in [0.3, 0.4) is 0 Å². The molecule has 0 aliphatic heterocycles. The number of benzene rings is 1. The van der Waals surface area contributed by atoms with Crippen LogP contribution in [0.5, 0.6) is 0 Å². The van der Waals surface area contributed by atoms with Crippen molar-refractivity contribution in [3.63, 3.8) is 0 Å². The maximum atomic E-state index is 13.2. The maximum Gasteiger partial charge on any atom is 0.259 e. The van der Waals surface area contributed by atoms with Crippen molar-refractivity contribution in [3.05, 3.63) is 53.5 Å². The number of aromatic nitrogens is 1. The highest BCUT2D eigenvalue weighted by atomic mass is 19.1. The van der Waals surface area contributed by atoms with E-state index in [1.54, 1.807) is 25.1 Å². The highest BCUT2D eigenvalue weighted by molar-refractivity contribution is 6.07. The summed E-state index contributed by atoms with van der Waals surface area (Å²) in [6.07, 6.45) is 1.51. The highest BCUT2D eigenvalue weighted by Gasteiger charge is 2.12. The smallest absolute Gasteiger partial charge is 0.259 e. The molecule has 4 N–H and O–H groups in total. The van der Waals surface area contributed by atoms with Gasteiger partial charge in [0.15, 0.2) is 5.82 Å². The van der Waals surface area contributed by atoms with Crippen LogP contribution in [0.4, 0.5) is 15.9 Å². The Hall–Kier alpha value is -2.47. The van der Waals surface area contributed by atoms with Crippen molar-refractivity contribution in [2.24, 2.45) is 5.84 Å². The maximum absolute atomic E-state index is 13.2. The van der Waals surface area contributed by atoms with Gasteiger partial charge in [-0.2, -0.15) is 0 Å². The van der Waals surface area contributed by atoms with Crippen molar-refractivity contribution in [2.75, 3.05) is 10.7 Å². The minimum atomic E-state index is -0.411. The molecule has 98 valence electrons. The Morgan fingerprint density at radius 3 is 2.84 bits per heavy atom. The number of rotatable bonds is 3. The van der Waals surface area contributed by atoms with Gasteiger partial charge in [-0.15, -0.1) is 0 Å². The van der Waals surface area contributed by atoms with E-state index >= 15 is 0 Å². The number of nitrogens with zero attached hydrogens (tertiary/aromatic N) is 1. The van der Waals surface area contributed by atoms with Crippen LogP contribution < -0.4 is 16.6 Å². The van der Waals surface area contributed by atoms with E-state index in [0.717, 1.165) is 5.56 Å². The molecule has 0 aliphatic rings. The molecule has 1 heterocycles. The van der Waals surface area contributed by atoms with Gasteiger partial charge in [0.05, 0.1) is 5.56 Å². The van der Waals surface area contributed by atoms with E-state index in [-0.39, 0.29) is 11.4 Å². The molecule has 0 atom stereocenters. The van der Waals surface area contributed by atoms with Gasteiger partial charge >= 0.3 is 0 Å². The van der Waals surface area contributed by atoms with Crippen molar-refractivity contribution in [1.29, 1.82) is 0 Å². The lowest BCUT2D eigenvalue weighted by Crippen LogP contribution is -2.18. The predicted molar refractivity (Wildman–Crippen MR) is 71.1 cm³/mol. The molecule has 1 aromatic heterocycles. The summed E-state index contributed by atoms with van der Waals surface area (Å²) in [5.74, 6) is 4.72. The van der Waals surface area contributed by atoms with Crippen LogP contribution in [0.25, 0.3) is 0 Å². The van der Waals surface area contributed by atoms with Crippen molar-refractivity contribution in [1.82, 2.24) is 4.98 Å².